The molecule has 1 N–H and O–H groups in total. The van der Waals surface area contributed by atoms with Crippen molar-refractivity contribution in [3.05, 3.63) is 24.5 Å². The molecule has 1 heterocycles. The number of anilines is 1. The van der Waals surface area contributed by atoms with E-state index in [1.165, 1.54) is 0 Å². The molecule has 0 radical (unpaired) electrons. The maximum atomic E-state index is 10.8. The number of hydrogen-bond acceptors (Lipinski definition) is 3. The van der Waals surface area contributed by atoms with Gasteiger partial charge < -0.3 is 9.73 Å². The number of hydrogen-bond donors (Lipinski definition) is 1. The zero-order chi connectivity index (χ0) is 10.7. The Kier molecular flexibility index (Phi) is 2.71. The summed E-state index contributed by atoms with van der Waals surface area (Å²) in [5.74, 6) is 2.49. The van der Waals surface area contributed by atoms with Crippen molar-refractivity contribution in [3.8, 4) is 12.3 Å². The highest BCUT2D eigenvalue weighted by atomic mass is 31.1. The summed E-state index contributed by atoms with van der Waals surface area (Å²) in [6, 6.07) is 5.38. The second-order valence-corrected chi connectivity index (χ2v) is 3.61. The lowest BCUT2D eigenvalue weighted by Crippen LogP contribution is -2.01. The van der Waals surface area contributed by atoms with Gasteiger partial charge in [-0.05, 0) is 18.2 Å². The van der Waals surface area contributed by atoms with E-state index in [1.807, 2.05) is 6.07 Å². The second kappa shape index (κ2) is 4.16. The molecule has 0 bridgehead atoms. The van der Waals surface area contributed by atoms with E-state index < -0.39 is 0 Å². The maximum absolute atomic E-state index is 10.8. The van der Waals surface area contributed by atoms with E-state index in [9.17, 15) is 4.57 Å². The van der Waals surface area contributed by atoms with Crippen molar-refractivity contribution in [2.75, 3.05) is 11.9 Å². The molecule has 0 aliphatic rings. The molecule has 0 spiro atoms. The molecule has 2 rings (SSSR count). The number of fused-ring (bicyclic) bond motifs is 1. The Hall–Kier alpha value is -1.78. The molecular formula is C11H8NO2P. The summed E-state index contributed by atoms with van der Waals surface area (Å²) in [7, 11) is -0.0106. The van der Waals surface area contributed by atoms with Crippen molar-refractivity contribution in [2.45, 2.75) is 0 Å². The highest BCUT2D eigenvalue weighted by Crippen LogP contribution is 2.24. The predicted molar refractivity (Wildman–Crippen MR) is 60.8 cm³/mol. The number of rotatable bonds is 3. The molecule has 0 saturated carbocycles. The Morgan fingerprint density at radius 3 is 3.07 bits per heavy atom. The smallest absolute Gasteiger partial charge is 0.193 e. The molecule has 0 saturated heterocycles. The lowest BCUT2D eigenvalue weighted by atomic mass is 10.2. The van der Waals surface area contributed by atoms with Crippen LogP contribution in [-0.4, -0.2) is 6.54 Å². The topological polar surface area (TPSA) is 42.2 Å². The summed E-state index contributed by atoms with van der Waals surface area (Å²) < 4.78 is 16.2. The van der Waals surface area contributed by atoms with Gasteiger partial charge in [0.05, 0.1) is 23.8 Å². The third kappa shape index (κ3) is 1.72. The third-order valence-electron chi connectivity index (χ3n) is 2.07. The van der Waals surface area contributed by atoms with E-state index in [2.05, 4.69) is 11.2 Å². The van der Waals surface area contributed by atoms with Crippen LogP contribution in [0.5, 0.6) is 0 Å². The number of nitrogens with one attached hydrogen (secondary N) is 1. The summed E-state index contributed by atoms with van der Waals surface area (Å²) in [5, 5.41) is 4.59. The van der Waals surface area contributed by atoms with Gasteiger partial charge in [0.1, 0.15) is 0 Å². The molecule has 0 atom stereocenters. The SMILES string of the molecule is C#CCNc1ccc(P=O)c2ccoc12. The summed E-state index contributed by atoms with van der Waals surface area (Å²) in [6.07, 6.45) is 6.73. The van der Waals surface area contributed by atoms with E-state index in [4.69, 9.17) is 10.8 Å². The minimum Gasteiger partial charge on any atom is -0.462 e. The van der Waals surface area contributed by atoms with Crippen LogP contribution in [0.25, 0.3) is 11.0 Å². The number of furan rings is 1. The Morgan fingerprint density at radius 1 is 1.47 bits per heavy atom. The molecule has 0 amide bonds. The molecule has 0 unspecified atom stereocenters. The van der Waals surface area contributed by atoms with Gasteiger partial charge in [-0.2, -0.15) is 0 Å². The quantitative estimate of drug-likeness (QED) is 0.634. The predicted octanol–water partition coefficient (Wildman–Crippen LogP) is 2.39. The fraction of sp³-hybridized carbons (Fsp3) is 0.0909. The van der Waals surface area contributed by atoms with E-state index in [-0.39, 0.29) is 8.46 Å². The molecule has 0 aliphatic carbocycles. The lowest BCUT2D eigenvalue weighted by Gasteiger charge is -2.03. The van der Waals surface area contributed by atoms with Crippen LogP contribution in [-0.2, 0) is 4.57 Å². The summed E-state index contributed by atoms with van der Waals surface area (Å²) in [5.41, 5.74) is 1.51. The molecule has 0 aliphatic heterocycles. The maximum Gasteiger partial charge on any atom is 0.193 e. The van der Waals surface area contributed by atoms with Gasteiger partial charge in [0.25, 0.3) is 0 Å². The van der Waals surface area contributed by atoms with Crippen molar-refractivity contribution in [3.63, 3.8) is 0 Å². The molecule has 74 valence electrons. The van der Waals surface area contributed by atoms with E-state index >= 15 is 0 Å². The number of benzene rings is 1. The van der Waals surface area contributed by atoms with Crippen LogP contribution < -0.4 is 10.6 Å². The van der Waals surface area contributed by atoms with Crippen LogP contribution in [0.1, 0.15) is 0 Å². The summed E-state index contributed by atoms with van der Waals surface area (Å²) in [6.45, 7) is 0.435. The Bertz CT molecular complexity index is 539. The Labute approximate surface area is 88.7 Å². The fourth-order valence-electron chi connectivity index (χ4n) is 1.41. The van der Waals surface area contributed by atoms with Crippen molar-refractivity contribution < 1.29 is 8.98 Å². The first-order valence-corrected chi connectivity index (χ1v) is 5.19. The van der Waals surface area contributed by atoms with Crippen LogP contribution in [0.2, 0.25) is 0 Å². The Morgan fingerprint density at radius 2 is 2.33 bits per heavy atom. The molecule has 4 heteroatoms. The first-order chi connectivity index (χ1) is 7.36. The molecule has 1 aromatic heterocycles. The monoisotopic (exact) mass is 217 g/mol. The normalized spacial score (nSPS) is 10.3. The zero-order valence-electron chi connectivity index (χ0n) is 7.86. The van der Waals surface area contributed by atoms with Gasteiger partial charge in [-0.3, -0.25) is 4.57 Å². The largest absolute Gasteiger partial charge is 0.462 e. The standard InChI is InChI=1S/C11H8NO2P/c1-2-6-12-9-3-4-10(15-13)8-5-7-14-11(8)9/h1,3-5,7,12H,6H2. The van der Waals surface area contributed by atoms with Gasteiger partial charge in [0, 0.05) is 5.39 Å². The van der Waals surface area contributed by atoms with Crippen LogP contribution in [0.15, 0.2) is 28.9 Å². The van der Waals surface area contributed by atoms with Crippen molar-refractivity contribution in [2.24, 2.45) is 0 Å². The molecular weight excluding hydrogens is 209 g/mol. The summed E-state index contributed by atoms with van der Waals surface area (Å²) >= 11 is 0. The van der Waals surface area contributed by atoms with Gasteiger partial charge in [-0.15, -0.1) is 6.42 Å². The van der Waals surface area contributed by atoms with E-state index in [1.54, 1.807) is 18.4 Å². The number of terminal acetylenes is 1. The van der Waals surface area contributed by atoms with Crippen LogP contribution in [0, 0.1) is 12.3 Å². The first kappa shape index (κ1) is 9.76. The van der Waals surface area contributed by atoms with Crippen LogP contribution in [0.3, 0.4) is 0 Å². The molecule has 2 aromatic rings. The molecule has 1 aromatic carbocycles. The van der Waals surface area contributed by atoms with Gasteiger partial charge in [-0.1, -0.05) is 5.92 Å². The molecule has 0 fully saturated rings. The van der Waals surface area contributed by atoms with Gasteiger partial charge in [0.2, 0.25) is 0 Å². The summed E-state index contributed by atoms with van der Waals surface area (Å²) in [4.78, 5) is 0. The van der Waals surface area contributed by atoms with Crippen LogP contribution in [0.4, 0.5) is 5.69 Å². The van der Waals surface area contributed by atoms with Crippen molar-refractivity contribution in [1.82, 2.24) is 0 Å². The van der Waals surface area contributed by atoms with E-state index in [0.717, 1.165) is 11.1 Å². The van der Waals surface area contributed by atoms with Crippen molar-refractivity contribution >= 4 is 30.4 Å². The zero-order valence-corrected chi connectivity index (χ0v) is 8.75. The molecule has 15 heavy (non-hydrogen) atoms. The minimum atomic E-state index is -0.0106. The van der Waals surface area contributed by atoms with Gasteiger partial charge in [-0.25, -0.2) is 0 Å². The third-order valence-corrected chi connectivity index (χ3v) is 2.66. The average Bonchev–Trinajstić information content (AvgIpc) is 2.74. The van der Waals surface area contributed by atoms with Crippen molar-refractivity contribution in [1.29, 1.82) is 0 Å². The fourth-order valence-corrected chi connectivity index (χ4v) is 1.82. The molecule has 3 nitrogen and oxygen atoms in total. The minimum absolute atomic E-state index is 0.0106. The first-order valence-electron chi connectivity index (χ1n) is 4.37. The van der Waals surface area contributed by atoms with Crippen LogP contribution >= 0.6 is 8.46 Å². The Balaban J connectivity index is 2.54. The average molecular weight is 217 g/mol. The highest BCUT2D eigenvalue weighted by Gasteiger charge is 2.08. The lowest BCUT2D eigenvalue weighted by molar-refractivity contribution is 0.603. The van der Waals surface area contributed by atoms with Gasteiger partial charge >= 0.3 is 0 Å². The highest BCUT2D eigenvalue weighted by molar-refractivity contribution is 7.34. The second-order valence-electron chi connectivity index (χ2n) is 2.94. The van der Waals surface area contributed by atoms with Gasteiger partial charge in [0.15, 0.2) is 14.0 Å². The van der Waals surface area contributed by atoms with E-state index in [0.29, 0.717) is 17.4 Å².